The lowest BCUT2D eigenvalue weighted by molar-refractivity contribution is -0.432. The van der Waals surface area contributed by atoms with Crippen LogP contribution in [0.25, 0.3) is 0 Å². The molecule has 2 saturated heterocycles. The molecule has 2 unspecified atom stereocenters. The molecule has 0 aromatic rings. The van der Waals surface area contributed by atoms with Crippen LogP contribution >= 0.6 is 35.2 Å². The lowest BCUT2D eigenvalue weighted by Crippen LogP contribution is -2.66. The first kappa shape index (κ1) is 69.6. The highest BCUT2D eigenvalue weighted by atomic mass is 35.5. The van der Waals surface area contributed by atoms with Crippen LogP contribution in [-0.4, -0.2) is 80.0 Å². The molecule has 0 amide bonds. The van der Waals surface area contributed by atoms with Crippen molar-refractivity contribution < 1.29 is 44.4 Å². The van der Waals surface area contributed by atoms with Gasteiger partial charge in [-0.25, -0.2) is 5.26 Å². The van der Waals surface area contributed by atoms with E-state index in [2.05, 4.69) is 106 Å². The quantitative estimate of drug-likeness (QED) is 0.0502. The summed E-state index contributed by atoms with van der Waals surface area (Å²) in [4.78, 5) is 36.4. The van der Waals surface area contributed by atoms with Crippen LogP contribution in [0.5, 0.6) is 0 Å². The van der Waals surface area contributed by atoms with E-state index in [9.17, 15) is 29.8 Å². The number of fused-ring (bicyclic) bond motifs is 16. The molecule has 10 aliphatic carbocycles. The van der Waals surface area contributed by atoms with Crippen LogP contribution < -0.4 is 0 Å². The number of allylic oxidation sites excluding steroid dienone is 2. The fourth-order valence-corrected chi connectivity index (χ4v) is 24.8. The number of rotatable bonds is 6. The van der Waals surface area contributed by atoms with Gasteiger partial charge in [-0.05, 0) is 251 Å². The molecule has 476 valence electrons. The normalized spacial score (nSPS) is 48.3. The minimum absolute atomic E-state index is 0. The van der Waals surface area contributed by atoms with Crippen molar-refractivity contribution in [3.8, 4) is 0 Å². The Balaban J connectivity index is 0.000000182. The maximum absolute atomic E-state index is 12.9. The molecule has 0 aromatic carbocycles. The molecule has 2 aliphatic heterocycles. The summed E-state index contributed by atoms with van der Waals surface area (Å²) in [6, 6.07) is 0.289. The molecule has 12 rings (SSSR count). The van der Waals surface area contributed by atoms with Gasteiger partial charge in [0.1, 0.15) is 17.9 Å². The first-order valence-electron chi connectivity index (χ1n) is 32.6. The second-order valence-corrected chi connectivity index (χ2v) is 33.7. The number of ketones is 2. The number of carbonyl (C=O) groups is 3. The van der Waals surface area contributed by atoms with Crippen molar-refractivity contribution in [1.29, 1.82) is 0 Å². The van der Waals surface area contributed by atoms with Crippen LogP contribution in [0.3, 0.4) is 0 Å². The van der Waals surface area contributed by atoms with Gasteiger partial charge in [0.2, 0.25) is 0 Å². The van der Waals surface area contributed by atoms with Crippen molar-refractivity contribution in [2.24, 2.45) is 113 Å². The second kappa shape index (κ2) is 25.4. The Bertz CT molecular complexity index is 2330. The fraction of sp³-hybridized carbons (Fsp3) is 0.900. The predicted molar refractivity (Wildman–Crippen MR) is 338 cm³/mol. The number of hydroxylamine groups is 2. The molecular formula is C70H117Cl2NO9S. The standard InChI is InChI=1S/C30H50O2.C30H46O2.C7H11NO2.CH2Cl2.CH4O3S.CH4/c2*1-19(2)20-10-15-30(18-31)17-16-28(6)21(25(20)30)8-9-23-27(5)13-12-24(32)26(3,4)22(27)11-14-29(23,28)7;9-7-3-5-1-2-6(4-7)8(5)10;2-1-3;1-5-4-3-2;/h20-25,31-32H,1,8-18H2,2-7H3;18,20-23,25H,1,8-17H2,2-7H3;5-6,10H,1-4H2;1H2;2H,1H3;1H4/t20-,21+,22-,23+,24-,25+,27-,28+,29+,30+;20-,21+,22-,23+,25+,27-,28+,29+,30+;;;;/m00..../s1. The van der Waals surface area contributed by atoms with Crippen molar-refractivity contribution in [3.63, 3.8) is 0 Å². The van der Waals surface area contributed by atoms with Gasteiger partial charge < -0.3 is 20.2 Å². The van der Waals surface area contributed by atoms with Crippen molar-refractivity contribution in [2.45, 2.75) is 263 Å². The SMILES string of the molecule is C.C=C(C)[C@@H]1CC[C@]2(C=O)CC[C@]3(C)[C@H](CC[C@@H]4[C@@]5(C)CCC(=O)C(C)(C)[C@@H]5CC[C@]43C)[C@@H]12.C=C(C)[C@@H]1CC[C@]2(CO)CC[C@]3(C)[C@H](CC[C@@H]4[C@@]5(C)CC[C@H](O)C(C)(C)[C@@H]5CC[C@]43C)[C@@H]12.CSOOO.ClCCl.O=C1CC2CCC(C1)N2O. The second-order valence-electron chi connectivity index (χ2n) is 32.4. The average Bonchev–Trinajstić information content (AvgIpc) is 1.46. The van der Waals surface area contributed by atoms with E-state index in [0.29, 0.717) is 100 Å². The predicted octanol–water partition coefficient (Wildman–Crippen LogP) is 17.7. The monoisotopic (exact) mass is 1220 g/mol. The van der Waals surface area contributed by atoms with Crippen LogP contribution in [0.2, 0.25) is 0 Å². The van der Waals surface area contributed by atoms with Crippen molar-refractivity contribution >= 4 is 53.1 Å². The van der Waals surface area contributed by atoms with E-state index < -0.39 is 0 Å². The molecule has 12 fully saturated rings. The largest absolute Gasteiger partial charge is 0.396 e. The van der Waals surface area contributed by atoms with Crippen LogP contribution in [0, 0.1) is 113 Å². The third-order valence-corrected chi connectivity index (χ3v) is 29.4. The number of carbonyl (C=O) groups excluding carboxylic acids is 3. The van der Waals surface area contributed by atoms with E-state index in [4.69, 9.17) is 28.5 Å². The lowest BCUT2D eigenvalue weighted by Gasteiger charge is -2.73. The zero-order chi connectivity index (χ0) is 60.6. The molecule has 2 heterocycles. The maximum atomic E-state index is 12.9. The van der Waals surface area contributed by atoms with Gasteiger partial charge in [0, 0.05) is 67.1 Å². The van der Waals surface area contributed by atoms with Gasteiger partial charge in [-0.3, -0.25) is 9.59 Å². The number of hydrogen-bond donors (Lipinski definition) is 4. The van der Waals surface area contributed by atoms with Gasteiger partial charge in [-0.15, -0.1) is 27.5 Å². The Morgan fingerprint density at radius 3 is 1.63 bits per heavy atom. The average molecular weight is 1220 g/mol. The van der Waals surface area contributed by atoms with E-state index in [1.54, 1.807) is 6.26 Å². The number of aliphatic hydroxyl groups is 2. The first-order chi connectivity index (χ1) is 38.3. The third kappa shape index (κ3) is 11.1. The van der Waals surface area contributed by atoms with E-state index in [0.717, 1.165) is 75.2 Å². The van der Waals surface area contributed by atoms with Crippen LogP contribution in [0.15, 0.2) is 24.3 Å². The minimum Gasteiger partial charge on any atom is -0.396 e. The van der Waals surface area contributed by atoms with E-state index in [1.807, 2.05) is 0 Å². The molecule has 10 nitrogen and oxygen atoms in total. The smallest absolute Gasteiger partial charge is 0.138 e. The number of nitrogens with zero attached hydrogens (tertiary/aromatic N) is 1. The summed E-state index contributed by atoms with van der Waals surface area (Å²) in [5, 5.41) is 42.9. The van der Waals surface area contributed by atoms with Gasteiger partial charge in [0.05, 0.1) is 11.4 Å². The third-order valence-electron chi connectivity index (χ3n) is 29.3. The molecular weight excluding hydrogens is 1100 g/mol. The van der Waals surface area contributed by atoms with Crippen LogP contribution in [-0.2, 0) is 23.8 Å². The van der Waals surface area contributed by atoms with Gasteiger partial charge in [-0.2, -0.15) is 5.06 Å². The van der Waals surface area contributed by atoms with Crippen molar-refractivity contribution in [1.82, 2.24) is 5.06 Å². The van der Waals surface area contributed by atoms with Gasteiger partial charge in [0.15, 0.2) is 0 Å². The van der Waals surface area contributed by atoms with Crippen molar-refractivity contribution in [2.75, 3.05) is 18.2 Å². The molecule has 21 atom stereocenters. The number of piperidine rings is 1. The Morgan fingerprint density at radius 2 is 1.13 bits per heavy atom. The van der Waals surface area contributed by atoms with Crippen LogP contribution in [0.1, 0.15) is 245 Å². The van der Waals surface area contributed by atoms with E-state index in [-0.39, 0.29) is 63.4 Å². The molecule has 12 aliphatic rings. The molecule has 0 aromatic heterocycles. The highest BCUT2D eigenvalue weighted by Gasteiger charge is 2.73. The Hall–Kier alpha value is -0.860. The summed E-state index contributed by atoms with van der Waals surface area (Å²) >= 11 is 10.5. The zero-order valence-electron chi connectivity index (χ0n) is 53.3. The summed E-state index contributed by atoms with van der Waals surface area (Å²) in [6.45, 7) is 38.6. The Kier molecular flexibility index (Phi) is 21.3. The zero-order valence-corrected chi connectivity index (χ0v) is 55.7. The number of hydrogen-bond acceptors (Lipinski definition) is 11. The van der Waals surface area contributed by atoms with Gasteiger partial charge >= 0.3 is 0 Å². The summed E-state index contributed by atoms with van der Waals surface area (Å²) in [7, 11) is 0. The molecule has 83 heavy (non-hydrogen) atoms. The van der Waals surface area contributed by atoms with E-state index >= 15 is 0 Å². The Labute approximate surface area is 518 Å². The maximum Gasteiger partial charge on any atom is 0.138 e. The highest BCUT2D eigenvalue weighted by Crippen LogP contribution is 2.79. The number of aliphatic hydroxyl groups excluding tert-OH is 2. The summed E-state index contributed by atoms with van der Waals surface area (Å²) < 4.78 is 3.81. The molecule has 0 spiro atoms. The molecule has 0 radical (unpaired) electrons. The van der Waals surface area contributed by atoms with Gasteiger partial charge in [-0.1, -0.05) is 106 Å². The van der Waals surface area contributed by atoms with Crippen LogP contribution in [0.4, 0.5) is 0 Å². The molecule has 2 bridgehead atoms. The molecule has 10 saturated carbocycles. The Morgan fingerprint density at radius 1 is 0.639 bits per heavy atom. The fourth-order valence-electron chi connectivity index (χ4n) is 24.7. The molecule has 4 N–H and O–H groups in total. The number of Topliss-reactive ketones (excluding diaryl/α,β-unsaturated/α-hetero) is 2. The summed E-state index contributed by atoms with van der Waals surface area (Å²) in [5.74, 6) is 6.98. The summed E-state index contributed by atoms with van der Waals surface area (Å²) in [6.07, 6.45) is 29.7. The van der Waals surface area contributed by atoms with Gasteiger partial charge in [0.25, 0.3) is 0 Å². The number of alkyl halides is 2. The van der Waals surface area contributed by atoms with Crippen molar-refractivity contribution in [3.05, 3.63) is 24.3 Å². The molecule has 13 heteroatoms. The minimum atomic E-state index is -0.179. The number of aldehydes is 1. The summed E-state index contributed by atoms with van der Waals surface area (Å²) in [5.41, 5.74) is 4.47. The van der Waals surface area contributed by atoms with E-state index in [1.165, 1.54) is 112 Å². The highest BCUT2D eigenvalue weighted by molar-refractivity contribution is 7.93. The topological polar surface area (TPSA) is 154 Å². The lowest BCUT2D eigenvalue weighted by atomic mass is 9.32. The number of halogens is 2. The first-order valence-corrected chi connectivity index (χ1v) is 34.8.